The maximum Gasteiger partial charge on any atom is 0.223 e. The highest BCUT2D eigenvalue weighted by atomic mass is 16.2. The third kappa shape index (κ3) is 3.11. The largest absolute Gasteiger partial charge is 0.346 e. The van der Waals surface area contributed by atoms with Crippen LogP contribution in [0.15, 0.2) is 54.6 Å². The Morgan fingerprint density at radius 3 is 2.61 bits per heavy atom. The lowest BCUT2D eigenvalue weighted by atomic mass is 10.1. The fraction of sp³-hybridized carbons (Fsp3) is 0.263. The minimum atomic E-state index is -0.127. The Morgan fingerprint density at radius 1 is 1.13 bits per heavy atom. The first kappa shape index (κ1) is 14.0. The second-order valence-corrected chi connectivity index (χ2v) is 6.16. The highest BCUT2D eigenvalue weighted by molar-refractivity contribution is 5.81. The number of aromatic nitrogens is 2. The van der Waals surface area contributed by atoms with Crippen LogP contribution in [0.4, 0.5) is 0 Å². The molecular weight excluding hydrogens is 286 g/mol. The molecule has 1 heterocycles. The van der Waals surface area contributed by atoms with Crippen molar-refractivity contribution in [1.29, 1.82) is 0 Å². The van der Waals surface area contributed by atoms with Crippen LogP contribution in [-0.2, 0) is 11.2 Å². The molecule has 0 bridgehead atoms. The minimum Gasteiger partial charge on any atom is -0.346 e. The van der Waals surface area contributed by atoms with Crippen molar-refractivity contribution >= 4 is 16.9 Å². The van der Waals surface area contributed by atoms with E-state index >= 15 is 0 Å². The van der Waals surface area contributed by atoms with Crippen molar-refractivity contribution in [1.82, 2.24) is 15.3 Å². The number of carbonyl (C=O) groups is 1. The van der Waals surface area contributed by atoms with Crippen molar-refractivity contribution in [3.05, 3.63) is 66.0 Å². The molecule has 1 aliphatic rings. The van der Waals surface area contributed by atoms with Crippen molar-refractivity contribution in [2.75, 3.05) is 0 Å². The van der Waals surface area contributed by atoms with E-state index in [0.29, 0.717) is 0 Å². The number of hydrogen-bond donors (Lipinski definition) is 2. The van der Waals surface area contributed by atoms with E-state index in [1.165, 1.54) is 5.56 Å². The van der Waals surface area contributed by atoms with Gasteiger partial charge in [-0.15, -0.1) is 0 Å². The number of nitrogens with zero attached hydrogens (tertiary/aromatic N) is 1. The van der Waals surface area contributed by atoms with Crippen LogP contribution in [0.2, 0.25) is 0 Å². The Morgan fingerprint density at radius 2 is 1.87 bits per heavy atom. The average Bonchev–Trinajstić information content (AvgIpc) is 3.34. The van der Waals surface area contributed by atoms with Gasteiger partial charge in [-0.1, -0.05) is 42.5 Å². The Balaban J connectivity index is 1.63. The third-order valence-electron chi connectivity index (χ3n) is 4.29. The van der Waals surface area contributed by atoms with Gasteiger partial charge in [-0.3, -0.25) is 4.79 Å². The summed E-state index contributed by atoms with van der Waals surface area (Å²) in [7, 11) is 0. The summed E-state index contributed by atoms with van der Waals surface area (Å²) in [5.41, 5.74) is 3.12. The topological polar surface area (TPSA) is 57.8 Å². The highest BCUT2D eigenvalue weighted by Gasteiger charge is 2.31. The molecule has 1 atom stereocenters. The standard InChI is InChI=1S/C19H19N3O/c23-19(14-10-11-14)22-17(12-13-6-2-1-3-7-13)18-20-15-8-4-5-9-16(15)21-18/h1-9,14,17H,10-12H2,(H,20,21)(H,22,23)/t17-/m0/s1. The molecular formula is C19H19N3O. The molecule has 1 aliphatic carbocycles. The minimum absolute atomic E-state index is 0.127. The van der Waals surface area contributed by atoms with Crippen molar-refractivity contribution in [3.63, 3.8) is 0 Å². The first-order chi connectivity index (χ1) is 11.3. The average molecular weight is 305 g/mol. The quantitative estimate of drug-likeness (QED) is 0.759. The highest BCUT2D eigenvalue weighted by Crippen LogP contribution is 2.30. The number of amides is 1. The first-order valence-corrected chi connectivity index (χ1v) is 8.08. The van der Waals surface area contributed by atoms with Gasteiger partial charge in [-0.05, 0) is 37.0 Å². The molecule has 0 unspecified atom stereocenters. The van der Waals surface area contributed by atoms with Crippen molar-refractivity contribution in [2.45, 2.75) is 25.3 Å². The molecule has 0 aliphatic heterocycles. The number of benzene rings is 2. The molecule has 4 heteroatoms. The second-order valence-electron chi connectivity index (χ2n) is 6.16. The fourth-order valence-electron chi connectivity index (χ4n) is 2.84. The van der Waals surface area contributed by atoms with Crippen LogP contribution in [0.3, 0.4) is 0 Å². The Hall–Kier alpha value is -2.62. The van der Waals surface area contributed by atoms with Crippen molar-refractivity contribution in [3.8, 4) is 0 Å². The summed E-state index contributed by atoms with van der Waals surface area (Å²) in [5.74, 6) is 1.16. The van der Waals surface area contributed by atoms with Crippen LogP contribution in [-0.4, -0.2) is 15.9 Å². The molecule has 1 saturated carbocycles. The monoisotopic (exact) mass is 305 g/mol. The summed E-state index contributed by atoms with van der Waals surface area (Å²) >= 11 is 0. The van der Waals surface area contributed by atoms with Gasteiger partial charge in [-0.25, -0.2) is 4.98 Å². The molecule has 2 aromatic carbocycles. The SMILES string of the molecule is O=C(N[C@@H](Cc1ccccc1)c1nc2ccccc2[nH]1)C1CC1. The van der Waals surface area contributed by atoms with Gasteiger partial charge in [0.2, 0.25) is 5.91 Å². The van der Waals surface area contributed by atoms with E-state index in [4.69, 9.17) is 0 Å². The number of nitrogens with one attached hydrogen (secondary N) is 2. The van der Waals surface area contributed by atoms with Gasteiger partial charge >= 0.3 is 0 Å². The van der Waals surface area contributed by atoms with Crippen LogP contribution < -0.4 is 5.32 Å². The number of H-pyrrole nitrogens is 1. The van der Waals surface area contributed by atoms with Gasteiger partial charge < -0.3 is 10.3 Å². The zero-order valence-corrected chi connectivity index (χ0v) is 12.8. The summed E-state index contributed by atoms with van der Waals surface area (Å²) < 4.78 is 0. The van der Waals surface area contributed by atoms with E-state index < -0.39 is 0 Å². The number of aromatic amines is 1. The summed E-state index contributed by atoms with van der Waals surface area (Å²) in [4.78, 5) is 20.3. The van der Waals surface area contributed by atoms with E-state index in [2.05, 4.69) is 27.4 Å². The van der Waals surface area contributed by atoms with Crippen LogP contribution in [0.25, 0.3) is 11.0 Å². The lowest BCUT2D eigenvalue weighted by Crippen LogP contribution is -2.31. The molecule has 1 amide bonds. The smallest absolute Gasteiger partial charge is 0.223 e. The van der Waals surface area contributed by atoms with Gasteiger partial charge in [0.05, 0.1) is 17.1 Å². The van der Waals surface area contributed by atoms with Crippen LogP contribution >= 0.6 is 0 Å². The van der Waals surface area contributed by atoms with E-state index in [-0.39, 0.29) is 17.9 Å². The van der Waals surface area contributed by atoms with E-state index in [1.807, 2.05) is 42.5 Å². The van der Waals surface area contributed by atoms with Crippen LogP contribution in [0, 0.1) is 5.92 Å². The Kier molecular flexibility index (Phi) is 3.58. The lowest BCUT2D eigenvalue weighted by molar-refractivity contribution is -0.123. The molecule has 0 saturated heterocycles. The van der Waals surface area contributed by atoms with Gasteiger partial charge in [-0.2, -0.15) is 0 Å². The van der Waals surface area contributed by atoms with E-state index in [0.717, 1.165) is 36.1 Å². The molecule has 3 aromatic rings. The normalized spacial score (nSPS) is 15.5. The molecule has 2 N–H and O–H groups in total. The van der Waals surface area contributed by atoms with Crippen molar-refractivity contribution < 1.29 is 4.79 Å². The van der Waals surface area contributed by atoms with Crippen molar-refractivity contribution in [2.24, 2.45) is 5.92 Å². The van der Waals surface area contributed by atoms with Crippen LogP contribution in [0.5, 0.6) is 0 Å². The fourth-order valence-corrected chi connectivity index (χ4v) is 2.84. The number of carbonyl (C=O) groups excluding carboxylic acids is 1. The Labute approximate surface area is 134 Å². The molecule has 4 nitrogen and oxygen atoms in total. The number of rotatable bonds is 5. The first-order valence-electron chi connectivity index (χ1n) is 8.08. The molecule has 1 aromatic heterocycles. The Bertz CT molecular complexity index is 788. The number of para-hydroxylation sites is 2. The van der Waals surface area contributed by atoms with E-state index in [9.17, 15) is 4.79 Å². The summed E-state index contributed by atoms with van der Waals surface area (Å²) in [5, 5.41) is 3.17. The molecule has 1 fully saturated rings. The second kappa shape index (κ2) is 5.88. The summed E-state index contributed by atoms with van der Waals surface area (Å²) in [6, 6.07) is 18.0. The molecule has 4 rings (SSSR count). The number of imidazole rings is 1. The number of fused-ring (bicyclic) bond motifs is 1. The predicted molar refractivity (Wildman–Crippen MR) is 89.8 cm³/mol. The summed E-state index contributed by atoms with van der Waals surface area (Å²) in [6.07, 6.45) is 2.74. The number of hydrogen-bond acceptors (Lipinski definition) is 2. The lowest BCUT2D eigenvalue weighted by Gasteiger charge is -2.17. The zero-order valence-electron chi connectivity index (χ0n) is 12.8. The van der Waals surface area contributed by atoms with Gasteiger partial charge in [0, 0.05) is 5.92 Å². The van der Waals surface area contributed by atoms with Crippen LogP contribution in [0.1, 0.15) is 30.3 Å². The third-order valence-corrected chi connectivity index (χ3v) is 4.29. The van der Waals surface area contributed by atoms with Gasteiger partial charge in [0.15, 0.2) is 0 Å². The molecule has 0 spiro atoms. The molecule has 0 radical (unpaired) electrons. The van der Waals surface area contributed by atoms with Gasteiger partial charge in [0.1, 0.15) is 5.82 Å². The zero-order chi connectivity index (χ0) is 15.6. The summed E-state index contributed by atoms with van der Waals surface area (Å²) in [6.45, 7) is 0. The maximum atomic E-state index is 12.2. The predicted octanol–water partition coefficient (Wildman–Crippen LogP) is 3.37. The van der Waals surface area contributed by atoms with E-state index in [1.54, 1.807) is 0 Å². The maximum absolute atomic E-state index is 12.2. The van der Waals surface area contributed by atoms with Gasteiger partial charge in [0.25, 0.3) is 0 Å². The molecule has 116 valence electrons. The molecule has 23 heavy (non-hydrogen) atoms.